The van der Waals surface area contributed by atoms with Crippen LogP contribution >= 0.6 is 15.9 Å². The van der Waals surface area contributed by atoms with Gasteiger partial charge >= 0.3 is 11.6 Å². The Bertz CT molecular complexity index is 736. The lowest BCUT2D eigenvalue weighted by atomic mass is 10.1. The number of carbonyl (C=O) groups excluding carboxylic acids is 1. The molecule has 5 heteroatoms. The summed E-state index contributed by atoms with van der Waals surface area (Å²) in [5, 5.41) is 0. The molecule has 0 radical (unpaired) electrons. The topological polar surface area (TPSA) is 56.7 Å². The van der Waals surface area contributed by atoms with Gasteiger partial charge in [-0.15, -0.1) is 0 Å². The van der Waals surface area contributed by atoms with Gasteiger partial charge in [0.25, 0.3) is 0 Å². The SMILES string of the molecule is [N-]=[N+]=C1C(=O)N(Cc2ccccc2)c2cc(Br)ccc21. The standard InChI is InChI=1S/C15H10BrN3O/c16-11-6-7-12-13(8-11)19(15(20)14(12)18-17)9-10-4-2-1-3-5-10/h1-8H,9H2. The second-order valence-corrected chi connectivity index (χ2v) is 5.40. The fourth-order valence-electron chi connectivity index (χ4n) is 2.30. The third-order valence-corrected chi connectivity index (χ3v) is 3.73. The fourth-order valence-corrected chi connectivity index (χ4v) is 2.65. The van der Waals surface area contributed by atoms with Gasteiger partial charge in [-0.2, -0.15) is 4.79 Å². The van der Waals surface area contributed by atoms with Gasteiger partial charge < -0.3 is 5.53 Å². The number of amides is 1. The summed E-state index contributed by atoms with van der Waals surface area (Å²) >= 11 is 3.40. The van der Waals surface area contributed by atoms with E-state index in [1.807, 2.05) is 42.5 Å². The molecule has 2 aromatic carbocycles. The van der Waals surface area contributed by atoms with Crippen molar-refractivity contribution in [2.75, 3.05) is 4.90 Å². The Labute approximate surface area is 124 Å². The van der Waals surface area contributed by atoms with E-state index in [2.05, 4.69) is 20.7 Å². The fraction of sp³-hybridized carbons (Fsp3) is 0.0667. The van der Waals surface area contributed by atoms with E-state index >= 15 is 0 Å². The average Bonchev–Trinajstić information content (AvgIpc) is 2.72. The Morgan fingerprint density at radius 1 is 1.15 bits per heavy atom. The highest BCUT2D eigenvalue weighted by molar-refractivity contribution is 9.10. The Morgan fingerprint density at radius 2 is 1.90 bits per heavy atom. The van der Waals surface area contributed by atoms with Crippen LogP contribution in [-0.4, -0.2) is 16.4 Å². The second kappa shape index (κ2) is 5.04. The summed E-state index contributed by atoms with van der Waals surface area (Å²) in [5.74, 6) is -0.288. The number of nitrogens with zero attached hydrogens (tertiary/aromatic N) is 3. The molecule has 0 saturated carbocycles. The lowest BCUT2D eigenvalue weighted by Crippen LogP contribution is -2.29. The summed E-state index contributed by atoms with van der Waals surface area (Å²) in [4.78, 5) is 17.1. The Morgan fingerprint density at radius 3 is 2.60 bits per heavy atom. The normalized spacial score (nSPS) is 13.3. The lowest BCUT2D eigenvalue weighted by Gasteiger charge is -2.16. The van der Waals surface area contributed by atoms with Crippen molar-refractivity contribution in [2.24, 2.45) is 0 Å². The molecule has 4 nitrogen and oxygen atoms in total. The van der Waals surface area contributed by atoms with E-state index in [0.29, 0.717) is 12.1 Å². The number of rotatable bonds is 2. The summed E-state index contributed by atoms with van der Waals surface area (Å²) in [7, 11) is 0. The van der Waals surface area contributed by atoms with Crippen LogP contribution in [0.15, 0.2) is 53.0 Å². The first kappa shape index (κ1) is 12.8. The average molecular weight is 328 g/mol. The van der Waals surface area contributed by atoms with E-state index in [9.17, 15) is 4.79 Å². The first-order valence-electron chi connectivity index (χ1n) is 6.08. The van der Waals surface area contributed by atoms with Crippen molar-refractivity contribution in [3.63, 3.8) is 0 Å². The third kappa shape index (κ3) is 2.07. The monoisotopic (exact) mass is 327 g/mol. The van der Waals surface area contributed by atoms with Gasteiger partial charge in [0.1, 0.15) is 0 Å². The summed E-state index contributed by atoms with van der Waals surface area (Å²) in [6.07, 6.45) is 0. The summed E-state index contributed by atoms with van der Waals surface area (Å²) in [6.45, 7) is 0.447. The zero-order valence-electron chi connectivity index (χ0n) is 10.5. The molecule has 2 aromatic rings. The molecule has 0 bridgehead atoms. The van der Waals surface area contributed by atoms with Crippen molar-refractivity contribution in [3.8, 4) is 0 Å². The van der Waals surface area contributed by atoms with Crippen LogP contribution in [0.4, 0.5) is 5.69 Å². The lowest BCUT2D eigenvalue weighted by molar-refractivity contribution is -0.116. The summed E-state index contributed by atoms with van der Waals surface area (Å²) in [6, 6.07) is 15.2. The van der Waals surface area contributed by atoms with Gasteiger partial charge in [-0.3, -0.25) is 9.69 Å². The van der Waals surface area contributed by atoms with Crippen molar-refractivity contribution in [3.05, 3.63) is 69.7 Å². The maximum Gasteiger partial charge on any atom is 0.389 e. The molecule has 20 heavy (non-hydrogen) atoms. The molecule has 1 amide bonds. The zero-order chi connectivity index (χ0) is 14.1. The van der Waals surface area contributed by atoms with E-state index in [-0.39, 0.29) is 11.6 Å². The maximum absolute atomic E-state index is 12.3. The molecule has 1 heterocycles. The third-order valence-electron chi connectivity index (χ3n) is 3.24. The first-order chi connectivity index (χ1) is 9.70. The van der Waals surface area contributed by atoms with Crippen molar-refractivity contribution in [1.82, 2.24) is 0 Å². The molecule has 98 valence electrons. The minimum atomic E-state index is -0.288. The van der Waals surface area contributed by atoms with Gasteiger partial charge in [0.2, 0.25) is 0 Å². The highest BCUT2D eigenvalue weighted by Crippen LogP contribution is 2.32. The van der Waals surface area contributed by atoms with Crippen LogP contribution in [0.1, 0.15) is 11.1 Å². The van der Waals surface area contributed by atoms with Gasteiger partial charge in [0, 0.05) is 4.47 Å². The highest BCUT2D eigenvalue weighted by Gasteiger charge is 2.40. The number of hydrogen-bond donors (Lipinski definition) is 0. The number of fused-ring (bicyclic) bond motifs is 1. The molecule has 0 spiro atoms. The Kier molecular flexibility index (Phi) is 3.22. The Hall–Kier alpha value is -2.23. The predicted molar refractivity (Wildman–Crippen MR) is 79.5 cm³/mol. The van der Waals surface area contributed by atoms with Crippen LogP contribution in [0.2, 0.25) is 0 Å². The van der Waals surface area contributed by atoms with Gasteiger partial charge in [0.05, 0.1) is 17.8 Å². The van der Waals surface area contributed by atoms with E-state index in [1.54, 1.807) is 11.0 Å². The summed E-state index contributed by atoms with van der Waals surface area (Å²) < 4.78 is 0.876. The van der Waals surface area contributed by atoms with Crippen LogP contribution in [0.25, 0.3) is 5.53 Å². The molecule has 0 atom stereocenters. The van der Waals surface area contributed by atoms with Crippen LogP contribution in [0.3, 0.4) is 0 Å². The van der Waals surface area contributed by atoms with Gasteiger partial charge in [-0.05, 0) is 23.8 Å². The number of hydrogen-bond acceptors (Lipinski definition) is 1. The molecule has 0 saturated heterocycles. The quantitative estimate of drug-likeness (QED) is 0.617. The van der Waals surface area contributed by atoms with E-state index in [4.69, 9.17) is 5.53 Å². The van der Waals surface area contributed by atoms with E-state index in [1.165, 1.54) is 0 Å². The maximum atomic E-state index is 12.3. The zero-order valence-corrected chi connectivity index (χ0v) is 12.0. The largest absolute Gasteiger partial charge is 0.389 e. The van der Waals surface area contributed by atoms with Crippen molar-refractivity contribution >= 4 is 33.2 Å². The van der Waals surface area contributed by atoms with Crippen LogP contribution < -0.4 is 4.90 Å². The molecule has 3 rings (SSSR count). The minimum absolute atomic E-state index is 0.0865. The van der Waals surface area contributed by atoms with Crippen LogP contribution in [-0.2, 0) is 11.3 Å². The molecule has 1 aliphatic heterocycles. The molecule has 0 aliphatic carbocycles. The number of carbonyl (C=O) groups is 1. The smallest absolute Gasteiger partial charge is 0.361 e. The molecule has 0 aromatic heterocycles. The Balaban J connectivity index is 2.07. The molecule has 0 fully saturated rings. The number of benzene rings is 2. The summed E-state index contributed by atoms with van der Waals surface area (Å²) in [5.41, 5.74) is 11.6. The predicted octanol–water partition coefficient (Wildman–Crippen LogP) is 3.01. The van der Waals surface area contributed by atoms with Crippen LogP contribution in [0.5, 0.6) is 0 Å². The van der Waals surface area contributed by atoms with Gasteiger partial charge in [-0.25, -0.2) is 0 Å². The molecule has 1 aliphatic rings. The van der Waals surface area contributed by atoms with Gasteiger partial charge in [-0.1, -0.05) is 46.3 Å². The van der Waals surface area contributed by atoms with E-state index in [0.717, 1.165) is 15.7 Å². The minimum Gasteiger partial charge on any atom is -0.361 e. The van der Waals surface area contributed by atoms with Gasteiger partial charge in [0.15, 0.2) is 0 Å². The second-order valence-electron chi connectivity index (χ2n) is 4.49. The molecular weight excluding hydrogens is 318 g/mol. The molecular formula is C15H10BrN3O. The number of halogens is 1. The van der Waals surface area contributed by atoms with E-state index < -0.39 is 0 Å². The molecule has 0 unspecified atom stereocenters. The first-order valence-corrected chi connectivity index (χ1v) is 6.88. The number of anilines is 1. The highest BCUT2D eigenvalue weighted by atomic mass is 79.9. The van der Waals surface area contributed by atoms with Crippen molar-refractivity contribution in [1.29, 1.82) is 0 Å². The van der Waals surface area contributed by atoms with Crippen LogP contribution in [0, 0.1) is 0 Å². The van der Waals surface area contributed by atoms with Crippen molar-refractivity contribution in [2.45, 2.75) is 6.54 Å². The van der Waals surface area contributed by atoms with Crippen molar-refractivity contribution < 1.29 is 9.58 Å². The molecule has 0 N–H and O–H groups in total.